The van der Waals surface area contributed by atoms with Gasteiger partial charge < -0.3 is 10.4 Å². The highest BCUT2D eigenvalue weighted by Crippen LogP contribution is 2.18. The number of amides is 2. The predicted octanol–water partition coefficient (Wildman–Crippen LogP) is 2.38. The summed E-state index contributed by atoms with van der Waals surface area (Å²) in [6, 6.07) is 4.62. The maximum atomic E-state index is 14.0. The first-order chi connectivity index (χ1) is 11.3. The summed E-state index contributed by atoms with van der Waals surface area (Å²) < 4.78 is 14.0. The number of thiazole rings is 1. The average molecular weight is 352 g/mol. The summed E-state index contributed by atoms with van der Waals surface area (Å²) >= 11 is 1.34. The van der Waals surface area contributed by atoms with E-state index in [1.165, 1.54) is 30.4 Å². The average Bonchev–Trinajstić information content (AvgIpc) is 2.94. The molecule has 0 aliphatic heterocycles. The lowest BCUT2D eigenvalue weighted by Gasteiger charge is -2.13. The molecule has 128 valence electrons. The molecule has 0 unspecified atom stereocenters. The Bertz CT molecular complexity index is 750. The van der Waals surface area contributed by atoms with Crippen LogP contribution in [0.4, 0.5) is 14.3 Å². The highest BCUT2D eigenvalue weighted by atomic mass is 32.1. The molecule has 0 fully saturated rings. The highest BCUT2D eigenvalue weighted by Gasteiger charge is 2.11. The van der Waals surface area contributed by atoms with Gasteiger partial charge in [0.1, 0.15) is 5.82 Å². The van der Waals surface area contributed by atoms with Crippen LogP contribution in [0, 0.1) is 5.82 Å². The van der Waals surface area contributed by atoms with Gasteiger partial charge in [-0.05, 0) is 24.5 Å². The topological polar surface area (TPSA) is 109 Å². The third-order valence-electron chi connectivity index (χ3n) is 3.21. The van der Waals surface area contributed by atoms with Crippen LogP contribution in [0.25, 0.3) is 0 Å². The number of aromatic nitrogens is 1. The molecule has 7 nitrogen and oxygen atoms in total. The number of carbonyl (C=O) groups excluding carboxylic acids is 1. The first kappa shape index (κ1) is 17.8. The van der Waals surface area contributed by atoms with Crippen LogP contribution in [0.2, 0.25) is 0 Å². The van der Waals surface area contributed by atoms with Gasteiger partial charge in [0.25, 0.3) is 0 Å². The number of nitrogens with one attached hydrogen (secondary N) is 1. The second-order valence-corrected chi connectivity index (χ2v) is 6.02. The maximum absolute atomic E-state index is 14.0. The molecular weight excluding hydrogens is 335 g/mol. The number of anilines is 1. The van der Waals surface area contributed by atoms with E-state index in [-0.39, 0.29) is 18.0 Å². The van der Waals surface area contributed by atoms with Crippen molar-refractivity contribution in [2.45, 2.75) is 26.3 Å². The van der Waals surface area contributed by atoms with Crippen molar-refractivity contribution in [3.63, 3.8) is 0 Å². The minimum absolute atomic E-state index is 0.177. The Morgan fingerprint density at radius 3 is 2.79 bits per heavy atom. The van der Waals surface area contributed by atoms with Crippen molar-refractivity contribution in [1.82, 2.24) is 9.99 Å². The summed E-state index contributed by atoms with van der Waals surface area (Å²) in [4.78, 5) is 25.9. The standard InChI is InChI=1S/C15H17FN4O3S/c1-9(21)18-14-19-12(8-24-14)5-3-10-2-4-11(13(16)6-10)7-20(17)15(22)23/h2,4,6,8H,3,5,7,17H2,1H3,(H,22,23)(H,18,19,21). The molecule has 9 heteroatoms. The van der Waals surface area contributed by atoms with E-state index in [0.717, 1.165) is 11.3 Å². The van der Waals surface area contributed by atoms with E-state index in [4.69, 9.17) is 10.9 Å². The van der Waals surface area contributed by atoms with Gasteiger partial charge in [0.2, 0.25) is 5.91 Å². The van der Waals surface area contributed by atoms with E-state index in [2.05, 4.69) is 10.3 Å². The lowest BCUT2D eigenvalue weighted by Crippen LogP contribution is -2.35. The molecule has 4 N–H and O–H groups in total. The first-order valence-electron chi connectivity index (χ1n) is 7.09. The minimum Gasteiger partial charge on any atom is -0.464 e. The monoisotopic (exact) mass is 352 g/mol. The zero-order valence-electron chi connectivity index (χ0n) is 13.0. The molecule has 0 saturated heterocycles. The largest absolute Gasteiger partial charge is 0.464 e. The van der Waals surface area contributed by atoms with E-state index in [0.29, 0.717) is 23.0 Å². The van der Waals surface area contributed by atoms with Gasteiger partial charge in [0.05, 0.1) is 12.2 Å². The fourth-order valence-electron chi connectivity index (χ4n) is 2.03. The summed E-state index contributed by atoms with van der Waals surface area (Å²) in [5, 5.41) is 14.2. The highest BCUT2D eigenvalue weighted by molar-refractivity contribution is 7.13. The maximum Gasteiger partial charge on any atom is 0.421 e. The number of nitrogens with zero attached hydrogens (tertiary/aromatic N) is 2. The van der Waals surface area contributed by atoms with Crippen molar-refractivity contribution in [3.8, 4) is 0 Å². The number of hydrogen-bond donors (Lipinski definition) is 3. The molecule has 0 atom stereocenters. The van der Waals surface area contributed by atoms with E-state index in [1.807, 2.05) is 5.38 Å². The molecule has 2 amide bonds. The van der Waals surface area contributed by atoms with Crippen LogP contribution < -0.4 is 11.2 Å². The first-order valence-corrected chi connectivity index (χ1v) is 7.97. The van der Waals surface area contributed by atoms with Crippen LogP contribution in [-0.4, -0.2) is 27.1 Å². The van der Waals surface area contributed by atoms with Gasteiger partial charge in [-0.2, -0.15) is 0 Å². The molecule has 1 heterocycles. The van der Waals surface area contributed by atoms with E-state index in [9.17, 15) is 14.0 Å². The Kier molecular flexibility index (Phi) is 5.83. The van der Waals surface area contributed by atoms with Gasteiger partial charge in [-0.25, -0.2) is 25.0 Å². The molecule has 24 heavy (non-hydrogen) atoms. The summed E-state index contributed by atoms with van der Waals surface area (Å²) in [6.45, 7) is 1.20. The quantitative estimate of drug-likeness (QED) is 0.420. The zero-order valence-corrected chi connectivity index (χ0v) is 13.8. The summed E-state index contributed by atoms with van der Waals surface area (Å²) in [6.07, 6.45) is -0.143. The zero-order chi connectivity index (χ0) is 17.7. The molecule has 0 bridgehead atoms. The van der Waals surface area contributed by atoms with Crippen molar-refractivity contribution in [1.29, 1.82) is 0 Å². The summed E-state index contributed by atoms with van der Waals surface area (Å²) in [5.41, 5.74) is 1.79. The Morgan fingerprint density at radius 1 is 1.42 bits per heavy atom. The fraction of sp³-hybridized carbons (Fsp3) is 0.267. The minimum atomic E-state index is -1.32. The van der Waals surface area contributed by atoms with Crippen LogP contribution in [0.1, 0.15) is 23.7 Å². The molecule has 0 aliphatic carbocycles. The van der Waals surface area contributed by atoms with Gasteiger partial charge in [0, 0.05) is 17.9 Å². The molecule has 0 radical (unpaired) electrons. The van der Waals surface area contributed by atoms with Crippen molar-refractivity contribution >= 4 is 28.5 Å². The second kappa shape index (κ2) is 7.84. The molecule has 0 spiro atoms. The van der Waals surface area contributed by atoms with Crippen molar-refractivity contribution in [3.05, 3.63) is 46.2 Å². The fourth-order valence-corrected chi connectivity index (χ4v) is 2.82. The van der Waals surface area contributed by atoms with Gasteiger partial charge >= 0.3 is 6.09 Å². The lowest BCUT2D eigenvalue weighted by molar-refractivity contribution is -0.114. The number of hydrogen-bond acceptors (Lipinski definition) is 5. The van der Waals surface area contributed by atoms with Gasteiger partial charge in [0.15, 0.2) is 5.13 Å². The molecule has 1 aromatic carbocycles. The van der Waals surface area contributed by atoms with Crippen molar-refractivity contribution in [2.24, 2.45) is 5.84 Å². The number of rotatable bonds is 6. The SMILES string of the molecule is CC(=O)Nc1nc(CCc2ccc(CN(N)C(=O)O)c(F)c2)cs1. The molecule has 2 aromatic rings. The smallest absolute Gasteiger partial charge is 0.421 e. The van der Waals surface area contributed by atoms with Crippen molar-refractivity contribution < 1.29 is 19.1 Å². The number of hydrazine groups is 1. The molecule has 2 rings (SSSR count). The van der Waals surface area contributed by atoms with Crippen LogP contribution in [0.15, 0.2) is 23.6 Å². The Labute approximate surface area is 141 Å². The van der Waals surface area contributed by atoms with Crippen LogP contribution in [-0.2, 0) is 24.2 Å². The number of aryl methyl sites for hydroxylation is 2. The second-order valence-electron chi connectivity index (χ2n) is 5.16. The Balaban J connectivity index is 1.96. The van der Waals surface area contributed by atoms with E-state index in [1.54, 1.807) is 6.07 Å². The molecular formula is C15H17FN4O3S. The molecule has 0 saturated carbocycles. The predicted molar refractivity (Wildman–Crippen MR) is 88.0 cm³/mol. The van der Waals surface area contributed by atoms with Gasteiger partial charge in [-0.15, -0.1) is 11.3 Å². The lowest BCUT2D eigenvalue weighted by atomic mass is 10.1. The number of halogens is 1. The Morgan fingerprint density at radius 2 is 2.17 bits per heavy atom. The van der Waals surface area contributed by atoms with E-state index < -0.39 is 11.9 Å². The summed E-state index contributed by atoms with van der Waals surface area (Å²) in [7, 11) is 0. The molecule has 1 aromatic heterocycles. The van der Waals surface area contributed by atoms with Crippen LogP contribution >= 0.6 is 11.3 Å². The van der Waals surface area contributed by atoms with Crippen LogP contribution in [0.3, 0.4) is 0 Å². The third-order valence-corrected chi connectivity index (χ3v) is 4.01. The number of nitrogens with two attached hydrogens (primary N) is 1. The number of carbonyl (C=O) groups is 2. The number of carboxylic acid groups (broad SMARTS) is 1. The van der Waals surface area contributed by atoms with Gasteiger partial charge in [-0.1, -0.05) is 12.1 Å². The summed E-state index contributed by atoms with van der Waals surface area (Å²) in [5.74, 6) is 4.58. The van der Waals surface area contributed by atoms with E-state index >= 15 is 0 Å². The molecule has 0 aliphatic rings. The third kappa shape index (κ3) is 5.00. The van der Waals surface area contributed by atoms with Gasteiger partial charge in [-0.3, -0.25) is 4.79 Å². The van der Waals surface area contributed by atoms with Crippen LogP contribution in [0.5, 0.6) is 0 Å². The Hall–Kier alpha value is -2.52. The number of benzene rings is 1. The van der Waals surface area contributed by atoms with Crippen molar-refractivity contribution in [2.75, 3.05) is 5.32 Å². The normalized spacial score (nSPS) is 10.5.